The summed E-state index contributed by atoms with van der Waals surface area (Å²) in [5, 5.41) is 2.69. The highest BCUT2D eigenvalue weighted by molar-refractivity contribution is 6.34. The zero-order valence-corrected chi connectivity index (χ0v) is 11.1. The molecule has 1 rings (SSSR count). The van der Waals surface area contributed by atoms with Gasteiger partial charge in [-0.1, -0.05) is 11.6 Å². The maximum atomic E-state index is 11.8. The monoisotopic (exact) mass is 271 g/mol. The first-order chi connectivity index (χ1) is 8.49. The number of benzene rings is 1. The summed E-state index contributed by atoms with van der Waals surface area (Å²) in [5.74, 6) is 0.261. The van der Waals surface area contributed by atoms with Crippen LogP contribution >= 0.6 is 11.6 Å². The van der Waals surface area contributed by atoms with E-state index in [9.17, 15) is 9.59 Å². The second-order valence-corrected chi connectivity index (χ2v) is 3.98. The Labute approximate surface area is 110 Å². The minimum absolute atomic E-state index is 0.0382. The Morgan fingerprint density at radius 3 is 2.28 bits per heavy atom. The lowest BCUT2D eigenvalue weighted by atomic mass is 10.2. The molecule has 0 saturated heterocycles. The third-order valence-electron chi connectivity index (χ3n) is 2.22. The van der Waals surface area contributed by atoms with Crippen LogP contribution in [-0.4, -0.2) is 32.5 Å². The van der Waals surface area contributed by atoms with Crippen LogP contribution in [0.5, 0.6) is 11.5 Å². The van der Waals surface area contributed by atoms with Crippen LogP contribution in [0.15, 0.2) is 12.1 Å². The molecule has 0 aliphatic heterocycles. The largest absolute Gasteiger partial charge is 0.493 e. The van der Waals surface area contributed by atoms with Gasteiger partial charge in [0.15, 0.2) is 11.5 Å². The molecule has 0 aromatic heterocycles. The van der Waals surface area contributed by atoms with E-state index in [1.807, 2.05) is 0 Å². The number of carbonyl (C=O) groups is 2. The summed E-state index contributed by atoms with van der Waals surface area (Å²) in [4.78, 5) is 22.6. The molecule has 5 nitrogen and oxygen atoms in total. The quantitative estimate of drug-likeness (QED) is 0.885. The van der Waals surface area contributed by atoms with E-state index in [1.54, 1.807) is 0 Å². The Hall–Kier alpha value is -1.75. The Balaban J connectivity index is 3.01. The molecule has 0 aliphatic carbocycles. The average molecular weight is 272 g/mol. The summed E-state index contributed by atoms with van der Waals surface area (Å²) >= 11 is 5.97. The molecule has 0 atom stereocenters. The van der Waals surface area contributed by atoms with E-state index in [1.165, 1.54) is 33.3 Å². The third kappa shape index (κ3) is 3.37. The van der Waals surface area contributed by atoms with E-state index >= 15 is 0 Å². The van der Waals surface area contributed by atoms with Gasteiger partial charge >= 0.3 is 0 Å². The van der Waals surface area contributed by atoms with Gasteiger partial charge in [0.2, 0.25) is 0 Å². The summed E-state index contributed by atoms with van der Waals surface area (Å²) in [6.45, 7) is 1.35. The molecule has 0 fully saturated rings. The first-order valence-corrected chi connectivity index (χ1v) is 5.56. The third-order valence-corrected chi connectivity index (χ3v) is 2.53. The maximum Gasteiger partial charge on any atom is 0.253 e. The van der Waals surface area contributed by atoms with E-state index in [0.717, 1.165) is 0 Å². The number of rotatable bonds is 5. The predicted molar refractivity (Wildman–Crippen MR) is 67.6 cm³/mol. The summed E-state index contributed by atoms with van der Waals surface area (Å²) in [5.41, 5.74) is 0.232. The number of nitrogens with one attached hydrogen (secondary N) is 1. The number of ether oxygens (including phenoxy) is 2. The van der Waals surface area contributed by atoms with Gasteiger partial charge in [0.05, 0.1) is 31.4 Å². The van der Waals surface area contributed by atoms with E-state index < -0.39 is 5.91 Å². The van der Waals surface area contributed by atoms with Crippen molar-refractivity contribution in [3.63, 3.8) is 0 Å². The summed E-state index contributed by atoms with van der Waals surface area (Å²) < 4.78 is 10.1. The summed E-state index contributed by atoms with van der Waals surface area (Å²) in [6, 6.07) is 2.96. The van der Waals surface area contributed by atoms with Crippen LogP contribution in [0, 0.1) is 0 Å². The Morgan fingerprint density at radius 1 is 1.22 bits per heavy atom. The lowest BCUT2D eigenvalue weighted by Crippen LogP contribution is -2.28. The Morgan fingerprint density at radius 2 is 1.78 bits per heavy atom. The number of ketones is 1. The SMILES string of the molecule is COc1cc(Cl)c(C(=O)NCC(C)=O)cc1OC. The van der Waals surface area contributed by atoms with Crippen LogP contribution in [0.2, 0.25) is 5.02 Å². The predicted octanol–water partition coefficient (Wildman–Crippen LogP) is 1.68. The Bertz CT molecular complexity index is 473. The van der Waals surface area contributed by atoms with Crippen molar-refractivity contribution in [1.29, 1.82) is 0 Å². The first-order valence-electron chi connectivity index (χ1n) is 5.18. The molecule has 98 valence electrons. The van der Waals surface area contributed by atoms with Gasteiger partial charge in [-0.2, -0.15) is 0 Å². The lowest BCUT2D eigenvalue weighted by molar-refractivity contribution is -0.116. The van der Waals surface area contributed by atoms with Crippen molar-refractivity contribution < 1.29 is 19.1 Å². The van der Waals surface area contributed by atoms with Crippen molar-refractivity contribution in [3.05, 3.63) is 22.7 Å². The lowest BCUT2D eigenvalue weighted by Gasteiger charge is -2.11. The zero-order valence-electron chi connectivity index (χ0n) is 10.4. The number of Topliss-reactive ketones (excluding diaryl/α,β-unsaturated/α-hetero) is 1. The topological polar surface area (TPSA) is 64.6 Å². The van der Waals surface area contributed by atoms with E-state index in [2.05, 4.69) is 5.32 Å². The molecule has 1 aromatic carbocycles. The van der Waals surface area contributed by atoms with Crippen LogP contribution in [0.3, 0.4) is 0 Å². The highest BCUT2D eigenvalue weighted by Crippen LogP contribution is 2.32. The standard InChI is InChI=1S/C12H14ClNO4/c1-7(15)6-14-12(16)8-4-10(17-2)11(18-3)5-9(8)13/h4-5H,6H2,1-3H3,(H,14,16). The minimum atomic E-state index is -0.434. The maximum absolute atomic E-state index is 11.8. The molecule has 1 aromatic rings. The number of amides is 1. The van der Waals surface area contributed by atoms with Gasteiger partial charge in [-0.15, -0.1) is 0 Å². The normalized spacial score (nSPS) is 9.78. The fourth-order valence-electron chi connectivity index (χ4n) is 1.33. The summed E-state index contributed by atoms with van der Waals surface area (Å²) in [6.07, 6.45) is 0. The molecule has 0 unspecified atom stereocenters. The van der Waals surface area contributed by atoms with Crippen LogP contribution in [-0.2, 0) is 4.79 Å². The molecule has 1 amide bonds. The van der Waals surface area contributed by atoms with Gasteiger partial charge in [0, 0.05) is 6.07 Å². The van der Waals surface area contributed by atoms with Crippen molar-refractivity contribution in [2.24, 2.45) is 0 Å². The number of carbonyl (C=O) groups excluding carboxylic acids is 2. The zero-order chi connectivity index (χ0) is 13.7. The van der Waals surface area contributed by atoms with Crippen molar-refractivity contribution >= 4 is 23.3 Å². The van der Waals surface area contributed by atoms with Gasteiger partial charge in [-0.25, -0.2) is 0 Å². The van der Waals surface area contributed by atoms with Crippen LogP contribution in [0.25, 0.3) is 0 Å². The van der Waals surface area contributed by atoms with Gasteiger partial charge in [0.1, 0.15) is 5.78 Å². The molecular weight excluding hydrogens is 258 g/mol. The molecule has 0 spiro atoms. The van der Waals surface area contributed by atoms with Crippen LogP contribution < -0.4 is 14.8 Å². The number of hydrogen-bond donors (Lipinski definition) is 1. The molecule has 0 bridgehead atoms. The molecule has 0 heterocycles. The summed E-state index contributed by atoms with van der Waals surface area (Å²) in [7, 11) is 2.94. The number of hydrogen-bond acceptors (Lipinski definition) is 4. The van der Waals surface area contributed by atoms with Crippen LogP contribution in [0.1, 0.15) is 17.3 Å². The number of methoxy groups -OCH3 is 2. The van der Waals surface area contributed by atoms with E-state index in [-0.39, 0.29) is 22.9 Å². The van der Waals surface area contributed by atoms with Gasteiger partial charge < -0.3 is 14.8 Å². The van der Waals surface area contributed by atoms with Crippen molar-refractivity contribution in [2.45, 2.75) is 6.92 Å². The van der Waals surface area contributed by atoms with Crippen molar-refractivity contribution in [3.8, 4) is 11.5 Å². The highest BCUT2D eigenvalue weighted by atomic mass is 35.5. The molecule has 18 heavy (non-hydrogen) atoms. The number of halogens is 1. The highest BCUT2D eigenvalue weighted by Gasteiger charge is 2.15. The Kier molecular flexibility index (Phi) is 4.97. The minimum Gasteiger partial charge on any atom is -0.493 e. The fraction of sp³-hybridized carbons (Fsp3) is 0.333. The molecule has 0 saturated carbocycles. The van der Waals surface area contributed by atoms with E-state index in [4.69, 9.17) is 21.1 Å². The fourth-order valence-corrected chi connectivity index (χ4v) is 1.57. The second-order valence-electron chi connectivity index (χ2n) is 3.57. The smallest absolute Gasteiger partial charge is 0.253 e. The first kappa shape index (κ1) is 14.3. The molecular formula is C12H14ClNO4. The molecule has 6 heteroatoms. The average Bonchev–Trinajstić information content (AvgIpc) is 2.35. The van der Waals surface area contributed by atoms with Crippen molar-refractivity contribution in [2.75, 3.05) is 20.8 Å². The van der Waals surface area contributed by atoms with Gasteiger partial charge in [0.25, 0.3) is 5.91 Å². The molecule has 0 radical (unpaired) electrons. The van der Waals surface area contributed by atoms with Crippen LogP contribution in [0.4, 0.5) is 0 Å². The second kappa shape index (κ2) is 6.26. The van der Waals surface area contributed by atoms with Crippen molar-refractivity contribution in [1.82, 2.24) is 5.32 Å². The molecule has 1 N–H and O–H groups in total. The molecule has 0 aliphatic rings. The van der Waals surface area contributed by atoms with E-state index in [0.29, 0.717) is 11.5 Å². The van der Waals surface area contributed by atoms with Gasteiger partial charge in [-0.3, -0.25) is 9.59 Å². The van der Waals surface area contributed by atoms with Gasteiger partial charge in [-0.05, 0) is 13.0 Å².